The van der Waals surface area contributed by atoms with E-state index < -0.39 is 17.6 Å². The van der Waals surface area contributed by atoms with Crippen LogP contribution in [0.4, 0.5) is 4.79 Å². The van der Waals surface area contributed by atoms with Crippen molar-refractivity contribution in [3.8, 4) is 0 Å². The SMILES string of the molecule is CNC(CCCCNC(=O)OC(C)(C)C)C(=O)NCC(N)=O. The third-order valence-electron chi connectivity index (χ3n) is 2.69. The number of alkyl carbamates (subject to hydrolysis) is 1. The number of likely N-dealkylation sites (N-methyl/N-ethyl adjacent to an activating group) is 1. The van der Waals surface area contributed by atoms with Crippen LogP contribution < -0.4 is 21.7 Å². The first-order valence-corrected chi connectivity index (χ1v) is 7.36. The third-order valence-corrected chi connectivity index (χ3v) is 2.69. The highest BCUT2D eigenvalue weighted by Crippen LogP contribution is 2.06. The largest absolute Gasteiger partial charge is 0.444 e. The molecule has 0 radical (unpaired) electrons. The van der Waals surface area contributed by atoms with Gasteiger partial charge in [-0.3, -0.25) is 9.59 Å². The molecule has 0 bridgehead atoms. The van der Waals surface area contributed by atoms with E-state index in [1.54, 1.807) is 27.8 Å². The first-order chi connectivity index (χ1) is 10.2. The lowest BCUT2D eigenvalue weighted by Crippen LogP contribution is -2.45. The molecule has 0 rings (SSSR count). The zero-order valence-electron chi connectivity index (χ0n) is 13.8. The number of nitrogens with one attached hydrogen (secondary N) is 3. The van der Waals surface area contributed by atoms with Gasteiger partial charge in [-0.2, -0.15) is 0 Å². The molecule has 0 aromatic heterocycles. The molecule has 1 unspecified atom stereocenters. The summed E-state index contributed by atoms with van der Waals surface area (Å²) in [7, 11) is 1.67. The predicted octanol–water partition coefficient (Wildman–Crippen LogP) is -0.129. The number of hydrogen-bond acceptors (Lipinski definition) is 5. The van der Waals surface area contributed by atoms with Crippen LogP contribution in [0, 0.1) is 0 Å². The second-order valence-electron chi connectivity index (χ2n) is 5.95. The zero-order valence-corrected chi connectivity index (χ0v) is 13.8. The maximum atomic E-state index is 11.7. The molecule has 0 aromatic rings. The van der Waals surface area contributed by atoms with Crippen molar-refractivity contribution in [3.05, 3.63) is 0 Å². The van der Waals surface area contributed by atoms with Crippen LogP contribution in [0.25, 0.3) is 0 Å². The van der Waals surface area contributed by atoms with Crippen LogP contribution in [0.3, 0.4) is 0 Å². The summed E-state index contributed by atoms with van der Waals surface area (Å²) in [5.74, 6) is -0.842. The molecule has 8 heteroatoms. The minimum absolute atomic E-state index is 0.169. The molecule has 0 heterocycles. The Hall–Kier alpha value is -1.83. The van der Waals surface area contributed by atoms with E-state index in [0.717, 1.165) is 12.8 Å². The van der Waals surface area contributed by atoms with Gasteiger partial charge >= 0.3 is 6.09 Å². The minimum atomic E-state index is -0.579. The predicted molar refractivity (Wildman–Crippen MR) is 83.1 cm³/mol. The van der Waals surface area contributed by atoms with Gasteiger partial charge in [0.25, 0.3) is 0 Å². The number of nitrogens with two attached hydrogens (primary N) is 1. The van der Waals surface area contributed by atoms with Gasteiger partial charge in [-0.15, -0.1) is 0 Å². The number of amides is 3. The molecule has 0 aromatic carbocycles. The van der Waals surface area contributed by atoms with Crippen LogP contribution >= 0.6 is 0 Å². The second-order valence-corrected chi connectivity index (χ2v) is 5.95. The highest BCUT2D eigenvalue weighted by Gasteiger charge is 2.17. The standard InChI is InChI=1S/C14H28N4O4/c1-14(2,3)22-13(21)17-8-6-5-7-10(16-4)12(20)18-9-11(15)19/h10,16H,5-9H2,1-4H3,(H2,15,19)(H,17,21)(H,18,20). The molecule has 3 amide bonds. The lowest BCUT2D eigenvalue weighted by atomic mass is 10.1. The number of hydrogen-bond donors (Lipinski definition) is 4. The number of rotatable bonds is 9. The molecule has 128 valence electrons. The van der Waals surface area contributed by atoms with Crippen molar-refractivity contribution in [2.24, 2.45) is 5.73 Å². The summed E-state index contributed by atoms with van der Waals surface area (Å²) in [5.41, 5.74) is 4.45. The van der Waals surface area contributed by atoms with Gasteiger partial charge in [0, 0.05) is 6.54 Å². The van der Waals surface area contributed by atoms with Crippen LogP contribution in [0.5, 0.6) is 0 Å². The van der Waals surface area contributed by atoms with Crippen molar-refractivity contribution in [2.75, 3.05) is 20.1 Å². The molecular formula is C14H28N4O4. The number of ether oxygens (including phenoxy) is 1. The minimum Gasteiger partial charge on any atom is -0.444 e. The van der Waals surface area contributed by atoms with E-state index in [9.17, 15) is 14.4 Å². The van der Waals surface area contributed by atoms with Crippen molar-refractivity contribution in [3.63, 3.8) is 0 Å². The molecule has 0 saturated heterocycles. The lowest BCUT2D eigenvalue weighted by molar-refractivity contribution is -0.126. The van der Waals surface area contributed by atoms with Gasteiger partial charge in [-0.25, -0.2) is 4.79 Å². The van der Waals surface area contributed by atoms with Gasteiger partial charge in [0.15, 0.2) is 0 Å². The second kappa shape index (κ2) is 9.99. The van der Waals surface area contributed by atoms with E-state index >= 15 is 0 Å². The fraction of sp³-hybridized carbons (Fsp3) is 0.786. The summed E-state index contributed by atoms with van der Waals surface area (Å²) in [6.45, 7) is 5.71. The van der Waals surface area contributed by atoms with Crippen molar-refractivity contribution in [2.45, 2.75) is 51.7 Å². The van der Waals surface area contributed by atoms with E-state index in [4.69, 9.17) is 10.5 Å². The Morgan fingerprint density at radius 1 is 1.14 bits per heavy atom. The van der Waals surface area contributed by atoms with Crippen LogP contribution in [0.1, 0.15) is 40.0 Å². The van der Waals surface area contributed by atoms with Crippen LogP contribution in [-0.2, 0) is 14.3 Å². The smallest absolute Gasteiger partial charge is 0.407 e. The summed E-state index contributed by atoms with van der Waals surface area (Å²) in [5, 5.41) is 7.99. The van der Waals surface area contributed by atoms with Gasteiger partial charge in [0.2, 0.25) is 11.8 Å². The van der Waals surface area contributed by atoms with Crippen molar-refractivity contribution >= 4 is 17.9 Å². The molecule has 22 heavy (non-hydrogen) atoms. The molecule has 0 aliphatic heterocycles. The summed E-state index contributed by atoms with van der Waals surface area (Å²) >= 11 is 0. The first-order valence-electron chi connectivity index (χ1n) is 7.36. The van der Waals surface area contributed by atoms with Gasteiger partial charge < -0.3 is 26.4 Å². The Labute approximate surface area is 131 Å². The zero-order chi connectivity index (χ0) is 17.2. The van der Waals surface area contributed by atoms with E-state index in [0.29, 0.717) is 13.0 Å². The Balaban J connectivity index is 3.85. The fourth-order valence-electron chi connectivity index (χ4n) is 1.68. The van der Waals surface area contributed by atoms with Crippen molar-refractivity contribution in [1.82, 2.24) is 16.0 Å². The Morgan fingerprint density at radius 2 is 1.77 bits per heavy atom. The van der Waals surface area contributed by atoms with E-state index in [2.05, 4.69) is 16.0 Å². The number of carbonyl (C=O) groups is 3. The average Bonchev–Trinajstić information content (AvgIpc) is 2.38. The number of unbranched alkanes of at least 4 members (excludes halogenated alkanes) is 1. The average molecular weight is 316 g/mol. The number of carbonyl (C=O) groups excluding carboxylic acids is 3. The Bertz CT molecular complexity index is 380. The number of primary amides is 1. The molecule has 0 aliphatic rings. The molecule has 8 nitrogen and oxygen atoms in total. The monoisotopic (exact) mass is 316 g/mol. The van der Waals surface area contributed by atoms with E-state index in [-0.39, 0.29) is 18.5 Å². The first kappa shape index (κ1) is 20.2. The van der Waals surface area contributed by atoms with Crippen LogP contribution in [0.2, 0.25) is 0 Å². The molecular weight excluding hydrogens is 288 g/mol. The van der Waals surface area contributed by atoms with Crippen molar-refractivity contribution < 1.29 is 19.1 Å². The van der Waals surface area contributed by atoms with Crippen LogP contribution in [0.15, 0.2) is 0 Å². The molecule has 0 spiro atoms. The van der Waals surface area contributed by atoms with Crippen LogP contribution in [-0.4, -0.2) is 49.7 Å². The molecule has 0 saturated carbocycles. The van der Waals surface area contributed by atoms with Crippen molar-refractivity contribution in [1.29, 1.82) is 0 Å². The molecule has 0 aliphatic carbocycles. The van der Waals surface area contributed by atoms with Gasteiger partial charge in [0.1, 0.15) is 5.60 Å². The quantitative estimate of drug-likeness (QED) is 0.441. The summed E-state index contributed by atoms with van der Waals surface area (Å²) in [6.07, 6.45) is 1.61. The summed E-state index contributed by atoms with van der Waals surface area (Å²) < 4.78 is 5.11. The molecule has 5 N–H and O–H groups in total. The van der Waals surface area contributed by atoms with Gasteiger partial charge in [0.05, 0.1) is 12.6 Å². The molecule has 1 atom stereocenters. The van der Waals surface area contributed by atoms with Gasteiger partial charge in [-0.1, -0.05) is 0 Å². The van der Waals surface area contributed by atoms with E-state index in [1.807, 2.05) is 0 Å². The summed E-state index contributed by atoms with van der Waals surface area (Å²) in [6, 6.07) is -0.388. The van der Waals surface area contributed by atoms with E-state index in [1.165, 1.54) is 0 Å². The maximum Gasteiger partial charge on any atom is 0.407 e. The lowest BCUT2D eigenvalue weighted by Gasteiger charge is -2.19. The Kier molecular flexibility index (Phi) is 9.16. The summed E-state index contributed by atoms with van der Waals surface area (Å²) in [4.78, 5) is 33.8. The maximum absolute atomic E-state index is 11.7. The van der Waals surface area contributed by atoms with Gasteiger partial charge in [-0.05, 0) is 47.1 Å². The topological polar surface area (TPSA) is 123 Å². The fourth-order valence-corrected chi connectivity index (χ4v) is 1.68. The molecule has 0 fully saturated rings. The third kappa shape index (κ3) is 10.9. The normalized spacial score (nSPS) is 12.4. The highest BCUT2D eigenvalue weighted by atomic mass is 16.6. The Morgan fingerprint density at radius 3 is 2.27 bits per heavy atom. The highest BCUT2D eigenvalue weighted by molar-refractivity contribution is 5.86.